The van der Waals surface area contributed by atoms with Crippen LogP contribution in [0, 0.1) is 18.3 Å². The van der Waals surface area contributed by atoms with Crippen LogP contribution in [0.2, 0.25) is 0 Å². The van der Waals surface area contributed by atoms with Crippen molar-refractivity contribution in [1.82, 2.24) is 15.0 Å². The quantitative estimate of drug-likeness (QED) is 0.852. The molecule has 0 aromatic carbocycles. The van der Waals surface area contributed by atoms with E-state index in [9.17, 15) is 4.79 Å². The molecule has 3 rings (SSSR count). The molecule has 1 aliphatic carbocycles. The normalized spacial score (nSPS) is 20.0. The van der Waals surface area contributed by atoms with Crippen LogP contribution in [0.3, 0.4) is 0 Å². The third-order valence-corrected chi connectivity index (χ3v) is 4.48. The number of aryl methyl sites for hydroxylation is 3. The molecule has 0 saturated carbocycles. The molecule has 0 spiro atoms. The van der Waals surface area contributed by atoms with Crippen molar-refractivity contribution in [3.63, 3.8) is 0 Å². The van der Waals surface area contributed by atoms with E-state index in [0.717, 1.165) is 23.6 Å². The fourth-order valence-electron chi connectivity index (χ4n) is 3.06. The van der Waals surface area contributed by atoms with Crippen molar-refractivity contribution in [2.75, 3.05) is 0 Å². The van der Waals surface area contributed by atoms with Crippen molar-refractivity contribution < 1.29 is 4.79 Å². The van der Waals surface area contributed by atoms with Gasteiger partial charge in [0.05, 0.1) is 16.8 Å². The van der Waals surface area contributed by atoms with E-state index < -0.39 is 5.41 Å². The lowest BCUT2D eigenvalue weighted by molar-refractivity contribution is 0.0870. The highest BCUT2D eigenvalue weighted by Gasteiger charge is 2.42. The second kappa shape index (κ2) is 5.54. The van der Waals surface area contributed by atoms with Crippen molar-refractivity contribution in [3.8, 4) is 6.07 Å². The Balaban J connectivity index is 2.08. The summed E-state index contributed by atoms with van der Waals surface area (Å²) in [6.45, 7) is 5.87. The average molecular weight is 306 g/mol. The van der Waals surface area contributed by atoms with Crippen molar-refractivity contribution in [1.29, 1.82) is 5.26 Å². The van der Waals surface area contributed by atoms with Crippen LogP contribution in [-0.2, 0) is 18.3 Å². The monoisotopic (exact) mass is 306 g/mol. The first kappa shape index (κ1) is 15.3. The molecule has 5 heteroatoms. The summed E-state index contributed by atoms with van der Waals surface area (Å²) in [6.07, 6.45) is 2.04. The maximum absolute atomic E-state index is 13.1. The van der Waals surface area contributed by atoms with Gasteiger partial charge in [0.1, 0.15) is 17.6 Å². The van der Waals surface area contributed by atoms with E-state index in [1.807, 2.05) is 32.9 Å². The maximum atomic E-state index is 13.1. The van der Waals surface area contributed by atoms with Gasteiger partial charge in [-0.2, -0.15) is 5.26 Å². The van der Waals surface area contributed by atoms with Gasteiger partial charge in [-0.3, -0.25) is 4.79 Å². The topological polar surface area (TPSA) is 79.5 Å². The molecular weight excluding hydrogens is 288 g/mol. The Morgan fingerprint density at radius 2 is 2.09 bits per heavy atom. The molecule has 0 amide bonds. The summed E-state index contributed by atoms with van der Waals surface area (Å²) >= 11 is 0. The number of aromatic nitrogens is 3. The maximum Gasteiger partial charge on any atom is 0.176 e. The minimum Gasteiger partial charge on any atom is -0.293 e. The standard InChI is InChI=1S/C18H18N4O/c1-4-16-20-11(2)9-15(22-16)18(3)8-7-14-13(17(18)23)6-5-12(10-19)21-14/h5-6,9H,4,7-8H2,1-3H3. The predicted octanol–water partition coefficient (Wildman–Crippen LogP) is 2.70. The second-order valence-corrected chi connectivity index (χ2v) is 6.13. The van der Waals surface area contributed by atoms with Crippen LogP contribution in [0.1, 0.15) is 59.2 Å². The zero-order valence-electron chi connectivity index (χ0n) is 13.6. The fraction of sp³-hybridized carbons (Fsp3) is 0.389. The minimum absolute atomic E-state index is 0.0240. The van der Waals surface area contributed by atoms with Gasteiger partial charge in [-0.25, -0.2) is 15.0 Å². The first-order valence-electron chi connectivity index (χ1n) is 7.78. The van der Waals surface area contributed by atoms with Crippen LogP contribution in [0.15, 0.2) is 18.2 Å². The number of carbonyl (C=O) groups excluding carboxylic acids is 1. The Morgan fingerprint density at radius 1 is 1.30 bits per heavy atom. The Bertz CT molecular complexity index is 837. The molecule has 1 unspecified atom stereocenters. The van der Waals surface area contributed by atoms with Gasteiger partial charge in [-0.05, 0) is 44.9 Å². The third kappa shape index (κ3) is 2.50. The first-order valence-corrected chi connectivity index (χ1v) is 7.78. The molecule has 23 heavy (non-hydrogen) atoms. The Labute approximate surface area is 135 Å². The highest BCUT2D eigenvalue weighted by molar-refractivity contribution is 6.05. The van der Waals surface area contributed by atoms with Crippen molar-refractivity contribution >= 4 is 5.78 Å². The molecule has 5 nitrogen and oxygen atoms in total. The molecule has 1 atom stereocenters. The number of rotatable bonds is 2. The number of nitrogens with zero attached hydrogens (tertiary/aromatic N) is 4. The number of nitriles is 1. The van der Waals surface area contributed by atoms with Crippen LogP contribution in [0.5, 0.6) is 0 Å². The molecule has 1 aliphatic rings. The molecular formula is C18H18N4O. The fourth-order valence-corrected chi connectivity index (χ4v) is 3.06. The number of ketones is 1. The largest absolute Gasteiger partial charge is 0.293 e. The van der Waals surface area contributed by atoms with Gasteiger partial charge < -0.3 is 0 Å². The lowest BCUT2D eigenvalue weighted by atomic mass is 9.70. The number of fused-ring (bicyclic) bond motifs is 1. The second-order valence-electron chi connectivity index (χ2n) is 6.13. The molecule has 2 aromatic heterocycles. The SMILES string of the molecule is CCc1nc(C)cc(C2(C)CCc3nc(C#N)ccc3C2=O)n1. The summed E-state index contributed by atoms with van der Waals surface area (Å²) < 4.78 is 0. The molecule has 0 radical (unpaired) electrons. The molecule has 0 aliphatic heterocycles. The number of hydrogen-bond acceptors (Lipinski definition) is 5. The number of Topliss-reactive ketones (excluding diaryl/α,β-unsaturated/α-hetero) is 1. The number of pyridine rings is 1. The van der Waals surface area contributed by atoms with Gasteiger partial charge in [-0.15, -0.1) is 0 Å². The average Bonchev–Trinajstić information content (AvgIpc) is 2.57. The molecule has 2 heterocycles. The van der Waals surface area contributed by atoms with E-state index in [1.54, 1.807) is 12.1 Å². The Hall–Kier alpha value is -2.61. The van der Waals surface area contributed by atoms with E-state index in [2.05, 4.69) is 15.0 Å². The Morgan fingerprint density at radius 3 is 2.78 bits per heavy atom. The van der Waals surface area contributed by atoms with E-state index in [0.29, 0.717) is 29.8 Å². The van der Waals surface area contributed by atoms with Crippen LogP contribution in [0.4, 0.5) is 0 Å². The lowest BCUT2D eigenvalue weighted by Crippen LogP contribution is -2.39. The summed E-state index contributed by atoms with van der Waals surface area (Å²) in [5, 5.41) is 8.96. The summed E-state index contributed by atoms with van der Waals surface area (Å²) in [5.41, 5.74) is 2.67. The van der Waals surface area contributed by atoms with E-state index in [-0.39, 0.29) is 5.78 Å². The highest BCUT2D eigenvalue weighted by atomic mass is 16.1. The highest BCUT2D eigenvalue weighted by Crippen LogP contribution is 2.37. The lowest BCUT2D eigenvalue weighted by Gasteiger charge is -2.32. The molecule has 116 valence electrons. The molecule has 0 bridgehead atoms. The van der Waals surface area contributed by atoms with Gasteiger partial charge in [0.25, 0.3) is 0 Å². The van der Waals surface area contributed by atoms with Gasteiger partial charge in [-0.1, -0.05) is 6.92 Å². The van der Waals surface area contributed by atoms with Gasteiger partial charge in [0, 0.05) is 17.7 Å². The number of carbonyl (C=O) groups is 1. The summed E-state index contributed by atoms with van der Waals surface area (Å²) in [6, 6.07) is 7.25. The predicted molar refractivity (Wildman–Crippen MR) is 85.1 cm³/mol. The smallest absolute Gasteiger partial charge is 0.176 e. The Kier molecular flexibility index (Phi) is 3.69. The third-order valence-electron chi connectivity index (χ3n) is 4.48. The van der Waals surface area contributed by atoms with Crippen LogP contribution in [0.25, 0.3) is 0 Å². The van der Waals surface area contributed by atoms with Gasteiger partial charge in [0.2, 0.25) is 0 Å². The van der Waals surface area contributed by atoms with Crippen molar-refractivity contribution in [3.05, 3.63) is 52.4 Å². The van der Waals surface area contributed by atoms with Crippen LogP contribution < -0.4 is 0 Å². The van der Waals surface area contributed by atoms with Gasteiger partial charge >= 0.3 is 0 Å². The zero-order valence-corrected chi connectivity index (χ0v) is 13.6. The molecule has 0 fully saturated rings. The summed E-state index contributed by atoms with van der Waals surface area (Å²) in [7, 11) is 0. The molecule has 0 N–H and O–H groups in total. The molecule has 2 aromatic rings. The zero-order chi connectivity index (χ0) is 16.6. The van der Waals surface area contributed by atoms with Crippen molar-refractivity contribution in [2.24, 2.45) is 0 Å². The van der Waals surface area contributed by atoms with E-state index in [1.165, 1.54) is 0 Å². The van der Waals surface area contributed by atoms with Crippen LogP contribution >= 0.6 is 0 Å². The molecule has 0 saturated heterocycles. The first-order chi connectivity index (χ1) is 11.0. The van der Waals surface area contributed by atoms with E-state index >= 15 is 0 Å². The summed E-state index contributed by atoms with van der Waals surface area (Å²) in [4.78, 5) is 26.3. The van der Waals surface area contributed by atoms with Crippen molar-refractivity contribution in [2.45, 2.75) is 45.4 Å². The van der Waals surface area contributed by atoms with E-state index in [4.69, 9.17) is 5.26 Å². The van der Waals surface area contributed by atoms with Gasteiger partial charge in [0.15, 0.2) is 5.78 Å². The number of hydrogen-bond donors (Lipinski definition) is 0. The van der Waals surface area contributed by atoms with Crippen LogP contribution in [-0.4, -0.2) is 20.7 Å². The minimum atomic E-state index is -0.666. The summed E-state index contributed by atoms with van der Waals surface area (Å²) in [5.74, 6) is 0.786.